The van der Waals surface area contributed by atoms with Crippen LogP contribution < -0.4 is 10.9 Å². The molecule has 1 amide bonds. The average Bonchev–Trinajstić information content (AvgIpc) is 2.75. The summed E-state index contributed by atoms with van der Waals surface area (Å²) in [6.45, 7) is 4.13. The number of rotatable bonds is 7. The van der Waals surface area contributed by atoms with Crippen molar-refractivity contribution in [3.8, 4) is 6.07 Å². The van der Waals surface area contributed by atoms with Crippen LogP contribution in [0.15, 0.2) is 58.2 Å². The topological polar surface area (TPSA) is 123 Å². The lowest BCUT2D eigenvalue weighted by Crippen LogP contribution is -2.30. The van der Waals surface area contributed by atoms with Crippen molar-refractivity contribution >= 4 is 32.5 Å². The van der Waals surface area contributed by atoms with Crippen LogP contribution in [0.5, 0.6) is 0 Å². The number of carbonyl (C=O) groups excluding carboxylic acids is 1. The Labute approximate surface area is 180 Å². The van der Waals surface area contributed by atoms with Gasteiger partial charge in [0.25, 0.3) is 5.91 Å². The first-order valence-electron chi connectivity index (χ1n) is 9.74. The zero-order valence-corrected chi connectivity index (χ0v) is 18.0. The normalized spacial score (nSPS) is 11.4. The lowest BCUT2D eigenvalue weighted by molar-refractivity contribution is 0.102. The molecule has 31 heavy (non-hydrogen) atoms. The second-order valence-electron chi connectivity index (χ2n) is 6.83. The van der Waals surface area contributed by atoms with Crippen LogP contribution in [0.2, 0.25) is 0 Å². The largest absolute Gasteiger partial charge is 0.322 e. The molecule has 2 aromatic carbocycles. The summed E-state index contributed by atoms with van der Waals surface area (Å²) in [6.07, 6.45) is 0.261. The Morgan fingerprint density at radius 2 is 1.77 bits per heavy atom. The Hall–Kier alpha value is -3.48. The number of anilines is 1. The number of nitrogens with one attached hydrogen (secondary N) is 2. The summed E-state index contributed by atoms with van der Waals surface area (Å²) in [5.41, 5.74) is 1.26. The molecule has 2 N–H and O–H groups in total. The minimum atomic E-state index is -3.73. The molecule has 9 heteroatoms. The number of pyridine rings is 1. The molecule has 0 bridgehead atoms. The Kier molecular flexibility index (Phi) is 6.53. The van der Waals surface area contributed by atoms with Crippen LogP contribution >= 0.6 is 0 Å². The van der Waals surface area contributed by atoms with E-state index in [0.717, 1.165) is 11.6 Å². The minimum Gasteiger partial charge on any atom is -0.322 e. The number of carbonyl (C=O) groups is 1. The van der Waals surface area contributed by atoms with Crippen molar-refractivity contribution in [2.45, 2.75) is 25.2 Å². The van der Waals surface area contributed by atoms with Crippen LogP contribution in [0.4, 0.5) is 5.69 Å². The molecule has 0 spiro atoms. The van der Waals surface area contributed by atoms with Crippen LogP contribution in [-0.2, 0) is 16.4 Å². The third-order valence-corrected chi connectivity index (χ3v) is 6.94. The number of aromatic nitrogens is 1. The van der Waals surface area contributed by atoms with E-state index >= 15 is 0 Å². The Bertz CT molecular complexity index is 1320. The molecule has 3 rings (SSSR count). The van der Waals surface area contributed by atoms with E-state index in [-0.39, 0.29) is 16.9 Å². The number of benzene rings is 2. The van der Waals surface area contributed by atoms with E-state index in [2.05, 4.69) is 16.4 Å². The molecule has 0 aliphatic rings. The summed E-state index contributed by atoms with van der Waals surface area (Å²) in [5.74, 6) is -0.540. The number of nitrogens with zero attached hydrogens (tertiary/aromatic N) is 2. The molecule has 0 fully saturated rings. The number of aromatic amines is 1. The van der Waals surface area contributed by atoms with E-state index in [1.54, 1.807) is 38.1 Å². The maximum Gasteiger partial charge on any atom is 0.256 e. The van der Waals surface area contributed by atoms with Gasteiger partial charge >= 0.3 is 0 Å². The number of amides is 1. The van der Waals surface area contributed by atoms with Crippen LogP contribution in [0.25, 0.3) is 10.9 Å². The van der Waals surface area contributed by atoms with Crippen LogP contribution in [0.3, 0.4) is 0 Å². The van der Waals surface area contributed by atoms with Gasteiger partial charge in [-0.25, -0.2) is 8.42 Å². The van der Waals surface area contributed by atoms with Crippen molar-refractivity contribution < 1.29 is 13.2 Å². The first kappa shape index (κ1) is 22.2. The predicted octanol–water partition coefficient (Wildman–Crippen LogP) is 2.88. The number of fused-ring (bicyclic) bond motifs is 1. The van der Waals surface area contributed by atoms with Crippen molar-refractivity contribution in [2.24, 2.45) is 0 Å². The summed E-state index contributed by atoms with van der Waals surface area (Å²) in [4.78, 5) is 27.7. The van der Waals surface area contributed by atoms with Gasteiger partial charge in [-0.1, -0.05) is 26.0 Å². The summed E-state index contributed by atoms with van der Waals surface area (Å²) < 4.78 is 27.1. The Morgan fingerprint density at radius 1 is 1.10 bits per heavy atom. The molecule has 1 aromatic heterocycles. The highest BCUT2D eigenvalue weighted by Gasteiger charge is 2.23. The highest BCUT2D eigenvalue weighted by Crippen LogP contribution is 2.23. The van der Waals surface area contributed by atoms with Crippen molar-refractivity contribution in [2.75, 3.05) is 18.4 Å². The van der Waals surface area contributed by atoms with Gasteiger partial charge in [-0.2, -0.15) is 9.57 Å². The van der Waals surface area contributed by atoms with Gasteiger partial charge in [-0.05, 0) is 35.9 Å². The molecular formula is C22H22N4O4S. The molecule has 0 aliphatic heterocycles. The number of hydrogen-bond acceptors (Lipinski definition) is 5. The smallest absolute Gasteiger partial charge is 0.256 e. The van der Waals surface area contributed by atoms with E-state index in [4.69, 9.17) is 5.26 Å². The van der Waals surface area contributed by atoms with Gasteiger partial charge in [0.1, 0.15) is 0 Å². The molecular weight excluding hydrogens is 416 g/mol. The molecule has 3 aromatic rings. The number of hydrogen-bond donors (Lipinski definition) is 2. The molecule has 0 radical (unpaired) electrons. The quantitative estimate of drug-likeness (QED) is 0.587. The lowest BCUT2D eigenvalue weighted by atomic mass is 10.1. The lowest BCUT2D eigenvalue weighted by Gasteiger charge is -2.19. The van der Waals surface area contributed by atoms with E-state index in [9.17, 15) is 18.0 Å². The third kappa shape index (κ3) is 4.66. The Morgan fingerprint density at radius 3 is 2.39 bits per heavy atom. The fourth-order valence-corrected chi connectivity index (χ4v) is 4.77. The van der Waals surface area contributed by atoms with Gasteiger partial charge in [0.05, 0.1) is 22.9 Å². The molecule has 160 valence electrons. The van der Waals surface area contributed by atoms with Gasteiger partial charge < -0.3 is 10.3 Å². The van der Waals surface area contributed by atoms with Crippen LogP contribution in [0.1, 0.15) is 29.8 Å². The van der Waals surface area contributed by atoms with Crippen molar-refractivity contribution in [3.63, 3.8) is 0 Å². The Balaban J connectivity index is 2.04. The zero-order valence-electron chi connectivity index (χ0n) is 17.2. The van der Waals surface area contributed by atoms with E-state index in [1.165, 1.54) is 22.5 Å². The molecule has 0 saturated carbocycles. The predicted molar refractivity (Wildman–Crippen MR) is 118 cm³/mol. The number of nitriles is 1. The maximum atomic E-state index is 12.9. The summed E-state index contributed by atoms with van der Waals surface area (Å²) in [7, 11) is -3.73. The minimum absolute atomic E-state index is 0.0469. The average molecular weight is 439 g/mol. The van der Waals surface area contributed by atoms with Gasteiger partial charge in [0.2, 0.25) is 15.6 Å². The first-order valence-corrected chi connectivity index (χ1v) is 11.2. The molecule has 0 saturated heterocycles. The van der Waals surface area contributed by atoms with E-state index < -0.39 is 21.5 Å². The SMILES string of the molecule is CCN(CC)S(=O)(=O)c1ccc2[nH]c(=O)cc(C(=O)Nc3ccc(CC#N)cc3)c2c1. The summed E-state index contributed by atoms with van der Waals surface area (Å²) in [6, 6.07) is 14.3. The van der Waals surface area contributed by atoms with Gasteiger partial charge in [-0.3, -0.25) is 9.59 Å². The highest BCUT2D eigenvalue weighted by molar-refractivity contribution is 7.89. The zero-order chi connectivity index (χ0) is 22.6. The maximum absolute atomic E-state index is 12.9. The first-order chi connectivity index (χ1) is 14.8. The molecule has 1 heterocycles. The van der Waals surface area contributed by atoms with Gasteiger partial charge in [0, 0.05) is 35.7 Å². The monoisotopic (exact) mass is 438 g/mol. The van der Waals surface area contributed by atoms with Crippen molar-refractivity contribution in [3.05, 3.63) is 70.0 Å². The highest BCUT2D eigenvalue weighted by atomic mass is 32.2. The van der Waals surface area contributed by atoms with Crippen molar-refractivity contribution in [1.82, 2.24) is 9.29 Å². The van der Waals surface area contributed by atoms with E-state index in [0.29, 0.717) is 29.7 Å². The van der Waals surface area contributed by atoms with Crippen molar-refractivity contribution in [1.29, 1.82) is 5.26 Å². The summed E-state index contributed by atoms with van der Waals surface area (Å²) in [5, 5.41) is 11.8. The third-order valence-electron chi connectivity index (χ3n) is 4.90. The van der Waals surface area contributed by atoms with Crippen LogP contribution in [0, 0.1) is 11.3 Å². The standard InChI is InChI=1S/C22H22N4O4S/c1-3-26(4-2)31(29,30)17-9-10-20-18(13-17)19(14-21(27)25-20)22(28)24-16-7-5-15(6-8-16)11-12-23/h5-10,13-14H,3-4,11H2,1-2H3,(H,24,28)(H,25,27). The number of H-pyrrole nitrogens is 1. The second kappa shape index (κ2) is 9.12. The molecule has 0 unspecified atom stereocenters. The molecule has 8 nitrogen and oxygen atoms in total. The van der Waals surface area contributed by atoms with E-state index in [1.807, 2.05) is 0 Å². The number of sulfonamides is 1. The molecule has 0 atom stereocenters. The summed E-state index contributed by atoms with van der Waals surface area (Å²) >= 11 is 0. The fourth-order valence-electron chi connectivity index (χ4n) is 3.29. The fraction of sp³-hybridized carbons (Fsp3) is 0.227. The van der Waals surface area contributed by atoms with Gasteiger partial charge in [-0.15, -0.1) is 0 Å². The van der Waals surface area contributed by atoms with Crippen LogP contribution in [-0.4, -0.2) is 36.7 Å². The second-order valence-corrected chi connectivity index (χ2v) is 8.77. The van der Waals surface area contributed by atoms with Gasteiger partial charge in [0.15, 0.2) is 0 Å². The molecule has 0 aliphatic carbocycles.